The number of carbonyl (C=O) groups is 2. The van der Waals surface area contributed by atoms with Crippen LogP contribution in [0.4, 0.5) is 0 Å². The molecule has 1 aromatic carbocycles. The van der Waals surface area contributed by atoms with E-state index in [1.807, 2.05) is 32.0 Å². The van der Waals surface area contributed by atoms with Gasteiger partial charge in [-0.05, 0) is 50.8 Å². The quantitative estimate of drug-likeness (QED) is 0.566. The highest BCUT2D eigenvalue weighted by atomic mass is 16.5. The summed E-state index contributed by atoms with van der Waals surface area (Å²) in [7, 11) is 1.37. The molecule has 0 aromatic heterocycles. The number of carbonyl (C=O) groups excluding carboxylic acids is 2. The molecule has 1 aromatic rings. The first-order chi connectivity index (χ1) is 12.6. The summed E-state index contributed by atoms with van der Waals surface area (Å²) in [5, 5.41) is 0. The Bertz CT molecular complexity index is 612. The van der Waals surface area contributed by atoms with Crippen molar-refractivity contribution in [2.45, 2.75) is 39.5 Å². The van der Waals surface area contributed by atoms with Crippen LogP contribution in [0, 0.1) is 5.92 Å². The molecule has 1 fully saturated rings. The van der Waals surface area contributed by atoms with Gasteiger partial charge in [-0.2, -0.15) is 0 Å². The van der Waals surface area contributed by atoms with Crippen LogP contribution < -0.4 is 9.47 Å². The summed E-state index contributed by atoms with van der Waals surface area (Å²) < 4.78 is 15.9. The summed E-state index contributed by atoms with van der Waals surface area (Å²) in [6.45, 7) is 5.99. The third-order valence-corrected chi connectivity index (χ3v) is 4.33. The molecule has 0 bridgehead atoms. The van der Waals surface area contributed by atoms with Crippen LogP contribution in [0.25, 0.3) is 0 Å². The molecule has 0 N–H and O–H groups in total. The molecule has 1 aliphatic rings. The van der Waals surface area contributed by atoms with Crippen LogP contribution in [0.15, 0.2) is 18.2 Å². The van der Waals surface area contributed by atoms with Crippen molar-refractivity contribution in [1.29, 1.82) is 0 Å². The van der Waals surface area contributed by atoms with E-state index < -0.39 is 0 Å². The second kappa shape index (κ2) is 10.0. The minimum atomic E-state index is -0.293. The normalized spacial score (nSPS) is 13.2. The second-order valence-electron chi connectivity index (χ2n) is 6.32. The van der Waals surface area contributed by atoms with Gasteiger partial charge in [-0.25, -0.2) is 0 Å². The molecular weight excluding hydrogens is 334 g/mol. The average molecular weight is 363 g/mol. The van der Waals surface area contributed by atoms with Gasteiger partial charge in [-0.15, -0.1) is 0 Å². The molecule has 2 rings (SSSR count). The number of esters is 1. The van der Waals surface area contributed by atoms with E-state index in [9.17, 15) is 9.59 Å². The standard InChI is InChI=1S/C20H29NO5/c1-4-25-17-9-6-15(14-18(17)26-5-2)10-12-21(13-11-19(22)24-3)20(23)16-7-8-16/h6,9,14,16H,4-5,7-8,10-13H2,1-3H3. The number of methoxy groups -OCH3 is 1. The van der Waals surface area contributed by atoms with Crippen molar-refractivity contribution in [3.63, 3.8) is 0 Å². The lowest BCUT2D eigenvalue weighted by Crippen LogP contribution is -2.36. The first-order valence-electron chi connectivity index (χ1n) is 9.33. The summed E-state index contributed by atoms with van der Waals surface area (Å²) in [4.78, 5) is 25.7. The molecule has 0 aliphatic heterocycles. The van der Waals surface area contributed by atoms with Gasteiger partial charge in [0.1, 0.15) is 0 Å². The summed E-state index contributed by atoms with van der Waals surface area (Å²) in [6.07, 6.45) is 2.82. The van der Waals surface area contributed by atoms with Crippen molar-refractivity contribution < 1.29 is 23.8 Å². The molecule has 6 heteroatoms. The summed E-state index contributed by atoms with van der Waals surface area (Å²) in [6, 6.07) is 5.87. The van der Waals surface area contributed by atoms with Gasteiger partial charge >= 0.3 is 5.97 Å². The lowest BCUT2D eigenvalue weighted by Gasteiger charge is -2.22. The number of hydrogen-bond acceptors (Lipinski definition) is 5. The lowest BCUT2D eigenvalue weighted by molar-refractivity contribution is -0.142. The van der Waals surface area contributed by atoms with Crippen molar-refractivity contribution in [2.75, 3.05) is 33.4 Å². The maximum absolute atomic E-state index is 12.5. The first-order valence-corrected chi connectivity index (χ1v) is 9.33. The van der Waals surface area contributed by atoms with E-state index in [0.717, 1.165) is 29.9 Å². The maximum atomic E-state index is 12.5. The molecular formula is C20H29NO5. The van der Waals surface area contributed by atoms with Crippen molar-refractivity contribution in [3.05, 3.63) is 23.8 Å². The van der Waals surface area contributed by atoms with Crippen LogP contribution in [0.3, 0.4) is 0 Å². The molecule has 1 aliphatic carbocycles. The molecule has 1 amide bonds. The van der Waals surface area contributed by atoms with Crippen molar-refractivity contribution in [1.82, 2.24) is 4.90 Å². The predicted molar refractivity (Wildman–Crippen MR) is 98.4 cm³/mol. The maximum Gasteiger partial charge on any atom is 0.307 e. The zero-order valence-electron chi connectivity index (χ0n) is 16.0. The predicted octanol–water partition coefficient (Wildman–Crippen LogP) is 2.83. The number of ether oxygens (including phenoxy) is 3. The highest BCUT2D eigenvalue weighted by molar-refractivity contribution is 5.81. The first kappa shape index (κ1) is 20.1. The van der Waals surface area contributed by atoms with Crippen LogP contribution in [-0.4, -0.2) is 50.2 Å². The number of amides is 1. The molecule has 26 heavy (non-hydrogen) atoms. The molecule has 1 saturated carbocycles. The molecule has 0 radical (unpaired) electrons. The van der Waals surface area contributed by atoms with Crippen LogP contribution in [0.2, 0.25) is 0 Å². The van der Waals surface area contributed by atoms with E-state index in [2.05, 4.69) is 0 Å². The Morgan fingerprint density at radius 1 is 1.08 bits per heavy atom. The SMILES string of the molecule is CCOc1ccc(CCN(CCC(=O)OC)C(=O)C2CC2)cc1OCC. The minimum absolute atomic E-state index is 0.131. The number of rotatable bonds is 11. The molecule has 0 heterocycles. The van der Waals surface area contributed by atoms with Gasteiger partial charge in [0.15, 0.2) is 11.5 Å². The van der Waals surface area contributed by atoms with Gasteiger partial charge in [-0.1, -0.05) is 6.07 Å². The monoisotopic (exact) mass is 363 g/mol. The smallest absolute Gasteiger partial charge is 0.307 e. The fourth-order valence-corrected chi connectivity index (χ4v) is 2.76. The molecule has 0 saturated heterocycles. The number of hydrogen-bond donors (Lipinski definition) is 0. The van der Waals surface area contributed by atoms with E-state index in [0.29, 0.717) is 32.7 Å². The lowest BCUT2D eigenvalue weighted by atomic mass is 10.1. The van der Waals surface area contributed by atoms with Crippen LogP contribution in [-0.2, 0) is 20.7 Å². The summed E-state index contributed by atoms with van der Waals surface area (Å²) in [5.41, 5.74) is 1.07. The Morgan fingerprint density at radius 3 is 2.38 bits per heavy atom. The van der Waals surface area contributed by atoms with Crippen LogP contribution >= 0.6 is 0 Å². The Labute approximate surface area is 155 Å². The molecule has 0 unspecified atom stereocenters. The van der Waals surface area contributed by atoms with Crippen LogP contribution in [0.1, 0.15) is 38.7 Å². The highest BCUT2D eigenvalue weighted by Crippen LogP contribution is 2.32. The van der Waals surface area contributed by atoms with Crippen molar-refractivity contribution >= 4 is 11.9 Å². The van der Waals surface area contributed by atoms with E-state index in [-0.39, 0.29) is 24.2 Å². The highest BCUT2D eigenvalue weighted by Gasteiger charge is 2.33. The molecule has 0 spiro atoms. The van der Waals surface area contributed by atoms with Gasteiger partial charge in [0, 0.05) is 19.0 Å². The van der Waals surface area contributed by atoms with Gasteiger partial charge < -0.3 is 19.1 Å². The Morgan fingerprint density at radius 2 is 1.77 bits per heavy atom. The minimum Gasteiger partial charge on any atom is -0.490 e. The second-order valence-corrected chi connectivity index (χ2v) is 6.32. The zero-order valence-corrected chi connectivity index (χ0v) is 16.0. The van der Waals surface area contributed by atoms with Gasteiger partial charge in [0.05, 0.1) is 26.7 Å². The van der Waals surface area contributed by atoms with Gasteiger partial charge in [0.25, 0.3) is 0 Å². The van der Waals surface area contributed by atoms with Crippen molar-refractivity contribution in [2.24, 2.45) is 5.92 Å². The Kier molecular flexibility index (Phi) is 7.75. The van der Waals surface area contributed by atoms with E-state index in [1.54, 1.807) is 4.90 Å². The van der Waals surface area contributed by atoms with E-state index in [4.69, 9.17) is 14.2 Å². The van der Waals surface area contributed by atoms with E-state index >= 15 is 0 Å². The van der Waals surface area contributed by atoms with Gasteiger partial charge in [0.2, 0.25) is 5.91 Å². The van der Waals surface area contributed by atoms with Crippen molar-refractivity contribution in [3.8, 4) is 11.5 Å². The molecule has 0 atom stereocenters. The average Bonchev–Trinajstić information content (AvgIpc) is 3.48. The topological polar surface area (TPSA) is 65.1 Å². The number of benzene rings is 1. The molecule has 6 nitrogen and oxygen atoms in total. The summed E-state index contributed by atoms with van der Waals surface area (Å²) >= 11 is 0. The van der Waals surface area contributed by atoms with Crippen LogP contribution in [0.5, 0.6) is 11.5 Å². The fourth-order valence-electron chi connectivity index (χ4n) is 2.76. The third-order valence-electron chi connectivity index (χ3n) is 4.33. The molecule has 144 valence electrons. The third kappa shape index (κ3) is 5.93. The number of nitrogens with zero attached hydrogens (tertiary/aromatic N) is 1. The largest absolute Gasteiger partial charge is 0.490 e. The Balaban J connectivity index is 2.00. The van der Waals surface area contributed by atoms with Gasteiger partial charge in [-0.3, -0.25) is 9.59 Å². The fraction of sp³-hybridized carbons (Fsp3) is 0.600. The van der Waals surface area contributed by atoms with E-state index in [1.165, 1.54) is 7.11 Å². The Hall–Kier alpha value is -2.24. The summed E-state index contributed by atoms with van der Waals surface area (Å²) in [5.74, 6) is 1.44. The zero-order chi connectivity index (χ0) is 18.9.